The Kier molecular flexibility index (Phi) is 6.82. The minimum atomic E-state index is -0.352. The van der Waals surface area contributed by atoms with E-state index in [-0.39, 0.29) is 17.7 Å². The number of hydrogen-bond donors (Lipinski definition) is 0. The Morgan fingerprint density at radius 2 is 1.90 bits per heavy atom. The topological polar surface area (TPSA) is 56.6 Å². The van der Waals surface area contributed by atoms with Gasteiger partial charge in [0.2, 0.25) is 5.91 Å². The fourth-order valence-corrected chi connectivity index (χ4v) is 4.03. The van der Waals surface area contributed by atoms with Crippen molar-refractivity contribution in [1.82, 2.24) is 9.55 Å². The molecule has 1 aliphatic heterocycles. The number of morpholine rings is 1. The van der Waals surface area contributed by atoms with Gasteiger partial charge in [-0.1, -0.05) is 36.8 Å². The largest absolute Gasteiger partial charge is 0.468 e. The SMILES string of the molecule is COc1nc2cc(F)c(N3CCOCC3)cc2n1C(=O)CCCCCc1ccccc1. The predicted octanol–water partition coefficient (Wildman–Crippen LogP) is 4.46. The van der Waals surface area contributed by atoms with Gasteiger partial charge < -0.3 is 14.4 Å². The molecule has 2 aromatic carbocycles. The van der Waals surface area contributed by atoms with E-state index in [1.54, 1.807) is 6.07 Å². The normalized spacial score (nSPS) is 14.2. The molecule has 1 saturated heterocycles. The van der Waals surface area contributed by atoms with Crippen molar-refractivity contribution in [3.63, 3.8) is 0 Å². The number of methoxy groups -OCH3 is 1. The summed E-state index contributed by atoms with van der Waals surface area (Å²) in [6.07, 6.45) is 4.18. The van der Waals surface area contributed by atoms with E-state index in [4.69, 9.17) is 9.47 Å². The summed E-state index contributed by atoms with van der Waals surface area (Å²) >= 11 is 0. The Hall–Kier alpha value is -2.93. The van der Waals surface area contributed by atoms with Crippen LogP contribution in [0.25, 0.3) is 11.0 Å². The molecule has 1 aromatic heterocycles. The monoisotopic (exact) mass is 425 g/mol. The van der Waals surface area contributed by atoms with Crippen molar-refractivity contribution in [1.29, 1.82) is 0 Å². The van der Waals surface area contributed by atoms with Gasteiger partial charge in [0.1, 0.15) is 5.82 Å². The Bertz CT molecular complexity index is 1030. The fraction of sp³-hybridized carbons (Fsp3) is 0.417. The summed E-state index contributed by atoms with van der Waals surface area (Å²) in [5.74, 6) is -0.436. The summed E-state index contributed by atoms with van der Waals surface area (Å²) in [6, 6.07) is 13.6. The number of carbonyl (C=O) groups is 1. The maximum atomic E-state index is 14.7. The second-order valence-corrected chi connectivity index (χ2v) is 7.77. The first-order valence-electron chi connectivity index (χ1n) is 10.8. The third kappa shape index (κ3) is 4.88. The minimum absolute atomic E-state index is 0.0846. The number of nitrogens with zero attached hydrogens (tertiary/aromatic N) is 3. The molecule has 0 bridgehead atoms. The predicted molar refractivity (Wildman–Crippen MR) is 119 cm³/mol. The third-order valence-electron chi connectivity index (χ3n) is 5.67. The Balaban J connectivity index is 1.46. The number of anilines is 1. The molecular weight excluding hydrogens is 397 g/mol. The standard InChI is InChI=1S/C24H28FN3O3/c1-30-24-26-20-16-19(25)21(27-12-14-31-15-13-27)17-22(20)28(24)23(29)11-7-3-6-10-18-8-4-2-5-9-18/h2,4-5,8-9,16-17H,3,6-7,10-15H2,1H3. The van der Waals surface area contributed by atoms with Crippen molar-refractivity contribution in [2.75, 3.05) is 38.3 Å². The molecule has 7 heteroatoms. The second kappa shape index (κ2) is 9.92. The zero-order valence-electron chi connectivity index (χ0n) is 17.8. The fourth-order valence-electron chi connectivity index (χ4n) is 4.03. The van der Waals surface area contributed by atoms with Crippen LogP contribution in [0.15, 0.2) is 42.5 Å². The van der Waals surface area contributed by atoms with Crippen molar-refractivity contribution in [2.24, 2.45) is 0 Å². The molecule has 0 N–H and O–H groups in total. The highest BCUT2D eigenvalue weighted by atomic mass is 19.1. The van der Waals surface area contributed by atoms with Gasteiger partial charge in [-0.25, -0.2) is 8.96 Å². The molecule has 164 valence electrons. The number of fused-ring (bicyclic) bond motifs is 1. The van der Waals surface area contributed by atoms with Gasteiger partial charge in [0, 0.05) is 25.6 Å². The van der Waals surface area contributed by atoms with E-state index in [0.717, 1.165) is 25.7 Å². The molecule has 0 saturated carbocycles. The molecule has 2 heterocycles. The summed E-state index contributed by atoms with van der Waals surface area (Å²) in [6.45, 7) is 2.34. The van der Waals surface area contributed by atoms with Gasteiger partial charge in [0.05, 0.1) is 37.0 Å². The molecule has 0 spiro atoms. The Morgan fingerprint density at radius 1 is 1.13 bits per heavy atom. The van der Waals surface area contributed by atoms with E-state index < -0.39 is 0 Å². The number of unbranched alkanes of at least 4 members (excludes halogenated alkanes) is 2. The van der Waals surface area contributed by atoms with Crippen molar-refractivity contribution >= 4 is 22.6 Å². The van der Waals surface area contributed by atoms with Crippen LogP contribution in [0.3, 0.4) is 0 Å². The van der Waals surface area contributed by atoms with E-state index in [1.165, 1.54) is 23.3 Å². The maximum Gasteiger partial charge on any atom is 0.304 e. The van der Waals surface area contributed by atoms with Crippen LogP contribution in [0.1, 0.15) is 36.0 Å². The minimum Gasteiger partial charge on any atom is -0.468 e. The van der Waals surface area contributed by atoms with Crippen LogP contribution in [-0.2, 0) is 11.2 Å². The van der Waals surface area contributed by atoms with Crippen molar-refractivity contribution in [2.45, 2.75) is 32.1 Å². The average Bonchev–Trinajstić information content (AvgIpc) is 3.17. The molecule has 1 aliphatic rings. The second-order valence-electron chi connectivity index (χ2n) is 7.77. The number of imidazole rings is 1. The number of carbonyl (C=O) groups excluding carboxylic acids is 1. The first kappa shape index (κ1) is 21.3. The molecule has 1 fully saturated rings. The van der Waals surface area contributed by atoms with E-state index in [1.807, 2.05) is 23.1 Å². The Morgan fingerprint density at radius 3 is 2.65 bits per heavy atom. The number of halogens is 1. The molecular formula is C24H28FN3O3. The molecule has 3 aromatic rings. The molecule has 0 radical (unpaired) electrons. The summed E-state index contributed by atoms with van der Waals surface area (Å²) in [5.41, 5.74) is 2.78. The highest BCUT2D eigenvalue weighted by molar-refractivity contribution is 5.93. The number of hydrogen-bond acceptors (Lipinski definition) is 5. The van der Waals surface area contributed by atoms with Gasteiger partial charge in [-0.05, 0) is 30.9 Å². The molecule has 4 rings (SSSR count). The van der Waals surface area contributed by atoms with Gasteiger partial charge in [-0.15, -0.1) is 0 Å². The lowest BCUT2D eigenvalue weighted by Gasteiger charge is -2.29. The molecule has 0 unspecified atom stereocenters. The van der Waals surface area contributed by atoms with Crippen LogP contribution in [0.2, 0.25) is 0 Å². The number of ether oxygens (including phenoxy) is 2. The highest BCUT2D eigenvalue weighted by Gasteiger charge is 2.22. The van der Waals surface area contributed by atoms with Crippen LogP contribution in [-0.4, -0.2) is 48.9 Å². The van der Waals surface area contributed by atoms with Crippen LogP contribution in [0.5, 0.6) is 6.01 Å². The van der Waals surface area contributed by atoms with Crippen LogP contribution >= 0.6 is 0 Å². The van der Waals surface area contributed by atoms with Gasteiger partial charge in [0.25, 0.3) is 0 Å². The zero-order valence-corrected chi connectivity index (χ0v) is 17.8. The summed E-state index contributed by atoms with van der Waals surface area (Å²) in [7, 11) is 1.48. The highest BCUT2D eigenvalue weighted by Crippen LogP contribution is 2.30. The number of aromatic nitrogens is 2. The van der Waals surface area contributed by atoms with E-state index in [9.17, 15) is 9.18 Å². The number of rotatable bonds is 8. The lowest BCUT2D eigenvalue weighted by atomic mass is 10.1. The summed E-state index contributed by atoms with van der Waals surface area (Å²) < 4.78 is 26.9. The van der Waals surface area contributed by atoms with Crippen molar-refractivity contribution < 1.29 is 18.7 Å². The van der Waals surface area contributed by atoms with Gasteiger partial charge >= 0.3 is 6.01 Å². The first-order valence-corrected chi connectivity index (χ1v) is 10.8. The lowest BCUT2D eigenvalue weighted by molar-refractivity contribution is 0.0893. The Labute approximate surface area is 181 Å². The smallest absolute Gasteiger partial charge is 0.304 e. The molecule has 0 atom stereocenters. The molecule has 0 aliphatic carbocycles. The quantitative estimate of drug-likeness (QED) is 0.499. The van der Waals surface area contributed by atoms with Crippen molar-refractivity contribution in [3.05, 3.63) is 53.8 Å². The van der Waals surface area contributed by atoms with Crippen molar-refractivity contribution in [3.8, 4) is 6.01 Å². The van der Waals surface area contributed by atoms with Crippen LogP contribution < -0.4 is 9.64 Å². The maximum absolute atomic E-state index is 14.7. The van der Waals surface area contributed by atoms with E-state index in [2.05, 4.69) is 17.1 Å². The first-order chi connectivity index (χ1) is 15.2. The number of benzene rings is 2. The zero-order chi connectivity index (χ0) is 21.6. The van der Waals surface area contributed by atoms with Crippen LogP contribution in [0.4, 0.5) is 10.1 Å². The van der Waals surface area contributed by atoms with Gasteiger partial charge in [-0.2, -0.15) is 4.98 Å². The average molecular weight is 426 g/mol. The third-order valence-corrected chi connectivity index (χ3v) is 5.67. The molecule has 6 nitrogen and oxygen atoms in total. The molecule has 0 amide bonds. The van der Waals surface area contributed by atoms with E-state index >= 15 is 0 Å². The van der Waals surface area contributed by atoms with Crippen LogP contribution in [0, 0.1) is 5.82 Å². The van der Waals surface area contributed by atoms with Gasteiger partial charge in [-0.3, -0.25) is 4.79 Å². The van der Waals surface area contributed by atoms with E-state index in [0.29, 0.717) is 49.4 Å². The summed E-state index contributed by atoms with van der Waals surface area (Å²) in [5, 5.41) is 0. The lowest BCUT2D eigenvalue weighted by Crippen LogP contribution is -2.36. The number of aryl methyl sites for hydroxylation is 1. The molecule has 31 heavy (non-hydrogen) atoms. The summed E-state index contributed by atoms with van der Waals surface area (Å²) in [4.78, 5) is 19.3. The van der Waals surface area contributed by atoms with Gasteiger partial charge in [0.15, 0.2) is 0 Å².